The lowest BCUT2D eigenvalue weighted by Gasteiger charge is -2.11. The molecule has 2 rings (SSSR count). The molecule has 2 aromatic rings. The third kappa shape index (κ3) is 3.95. The second-order valence-corrected chi connectivity index (χ2v) is 7.41. The first-order valence-electron chi connectivity index (χ1n) is 6.92. The van der Waals surface area contributed by atoms with Crippen LogP contribution in [0.2, 0.25) is 0 Å². The van der Waals surface area contributed by atoms with Crippen molar-refractivity contribution < 1.29 is 13.2 Å². The number of hydrogen-bond acceptors (Lipinski definition) is 3. The van der Waals surface area contributed by atoms with E-state index in [2.05, 4.69) is 5.32 Å². The van der Waals surface area contributed by atoms with Crippen LogP contribution in [0.5, 0.6) is 0 Å². The Hall–Kier alpha value is -2.14. The number of aryl methyl sites for hydroxylation is 2. The molecule has 0 aliphatic rings. The standard InChI is InChI=1S/C17H19NO3S/c1-12-8-9-13(2)15(10-12)18-17(19)11-14-6-4-5-7-16(14)22(3,20)21/h4-10H,11H2,1-3H3,(H,18,19). The molecule has 0 aliphatic carbocycles. The number of anilines is 1. The first kappa shape index (κ1) is 16.2. The molecule has 0 aliphatic heterocycles. The lowest BCUT2D eigenvalue weighted by Crippen LogP contribution is -2.17. The minimum absolute atomic E-state index is 0.0244. The van der Waals surface area contributed by atoms with Gasteiger partial charge in [-0.3, -0.25) is 4.79 Å². The van der Waals surface area contributed by atoms with Crippen molar-refractivity contribution in [3.8, 4) is 0 Å². The summed E-state index contributed by atoms with van der Waals surface area (Å²) in [5, 5.41) is 2.84. The first-order chi connectivity index (χ1) is 10.3. The van der Waals surface area contributed by atoms with Gasteiger partial charge >= 0.3 is 0 Å². The number of rotatable bonds is 4. The molecule has 2 aromatic carbocycles. The highest BCUT2D eigenvalue weighted by atomic mass is 32.2. The second kappa shape index (κ2) is 6.32. The topological polar surface area (TPSA) is 63.2 Å². The van der Waals surface area contributed by atoms with E-state index in [1.165, 1.54) is 6.07 Å². The summed E-state index contributed by atoms with van der Waals surface area (Å²) < 4.78 is 23.5. The van der Waals surface area contributed by atoms with Crippen LogP contribution in [-0.4, -0.2) is 20.6 Å². The van der Waals surface area contributed by atoms with Crippen molar-refractivity contribution in [2.45, 2.75) is 25.2 Å². The molecular formula is C17H19NO3S. The van der Waals surface area contributed by atoms with E-state index in [-0.39, 0.29) is 17.2 Å². The van der Waals surface area contributed by atoms with Crippen molar-refractivity contribution in [1.82, 2.24) is 0 Å². The lowest BCUT2D eigenvalue weighted by molar-refractivity contribution is -0.115. The average molecular weight is 317 g/mol. The predicted molar refractivity (Wildman–Crippen MR) is 87.8 cm³/mol. The van der Waals surface area contributed by atoms with Crippen molar-refractivity contribution in [2.75, 3.05) is 11.6 Å². The summed E-state index contributed by atoms with van der Waals surface area (Å²) in [6, 6.07) is 12.4. The Morgan fingerprint density at radius 1 is 1.09 bits per heavy atom. The highest BCUT2D eigenvalue weighted by molar-refractivity contribution is 7.90. The van der Waals surface area contributed by atoms with E-state index in [0.717, 1.165) is 23.1 Å². The van der Waals surface area contributed by atoms with Crippen LogP contribution < -0.4 is 5.32 Å². The van der Waals surface area contributed by atoms with Gasteiger partial charge in [-0.15, -0.1) is 0 Å². The van der Waals surface area contributed by atoms with E-state index in [9.17, 15) is 13.2 Å². The summed E-state index contributed by atoms with van der Waals surface area (Å²) in [6.07, 6.45) is 1.17. The van der Waals surface area contributed by atoms with E-state index in [4.69, 9.17) is 0 Å². The molecule has 0 aromatic heterocycles. The molecule has 0 bridgehead atoms. The van der Waals surface area contributed by atoms with Crippen LogP contribution in [0.1, 0.15) is 16.7 Å². The maximum Gasteiger partial charge on any atom is 0.228 e. The summed E-state index contributed by atoms with van der Waals surface area (Å²) in [5.41, 5.74) is 3.28. The minimum atomic E-state index is -3.35. The van der Waals surface area contributed by atoms with Crippen molar-refractivity contribution in [2.24, 2.45) is 0 Å². The first-order valence-corrected chi connectivity index (χ1v) is 8.81. The highest BCUT2D eigenvalue weighted by Crippen LogP contribution is 2.19. The molecule has 116 valence electrons. The summed E-state index contributed by atoms with van der Waals surface area (Å²) in [4.78, 5) is 12.4. The summed E-state index contributed by atoms with van der Waals surface area (Å²) in [7, 11) is -3.35. The molecular weight excluding hydrogens is 298 g/mol. The lowest BCUT2D eigenvalue weighted by atomic mass is 10.1. The Morgan fingerprint density at radius 3 is 2.45 bits per heavy atom. The Morgan fingerprint density at radius 2 is 1.77 bits per heavy atom. The van der Waals surface area contributed by atoms with Gasteiger partial charge < -0.3 is 5.32 Å². The summed E-state index contributed by atoms with van der Waals surface area (Å²) in [5.74, 6) is -0.232. The molecule has 0 spiro atoms. The number of hydrogen-bond donors (Lipinski definition) is 1. The molecule has 22 heavy (non-hydrogen) atoms. The fraction of sp³-hybridized carbons (Fsp3) is 0.235. The Kier molecular flexibility index (Phi) is 4.66. The van der Waals surface area contributed by atoms with E-state index in [0.29, 0.717) is 5.56 Å². The molecule has 0 unspecified atom stereocenters. The van der Waals surface area contributed by atoms with E-state index >= 15 is 0 Å². The van der Waals surface area contributed by atoms with Crippen molar-refractivity contribution >= 4 is 21.4 Å². The zero-order valence-electron chi connectivity index (χ0n) is 12.9. The van der Waals surface area contributed by atoms with Gasteiger partial charge in [0.15, 0.2) is 9.84 Å². The minimum Gasteiger partial charge on any atom is -0.326 e. The third-order valence-corrected chi connectivity index (χ3v) is 4.59. The monoisotopic (exact) mass is 317 g/mol. The SMILES string of the molecule is Cc1ccc(C)c(NC(=O)Cc2ccccc2S(C)(=O)=O)c1. The van der Waals surface area contributed by atoms with Crippen LogP contribution in [0.4, 0.5) is 5.69 Å². The third-order valence-electron chi connectivity index (χ3n) is 3.39. The molecule has 0 saturated carbocycles. The van der Waals surface area contributed by atoms with Crippen molar-refractivity contribution in [1.29, 1.82) is 0 Å². The van der Waals surface area contributed by atoms with Crippen LogP contribution in [0, 0.1) is 13.8 Å². The fourth-order valence-corrected chi connectivity index (χ4v) is 3.19. The molecule has 5 heteroatoms. The molecule has 1 amide bonds. The maximum absolute atomic E-state index is 12.2. The van der Waals surface area contributed by atoms with Crippen LogP contribution >= 0.6 is 0 Å². The maximum atomic E-state index is 12.2. The molecule has 4 nitrogen and oxygen atoms in total. The van der Waals surface area contributed by atoms with Crippen LogP contribution in [0.3, 0.4) is 0 Å². The smallest absolute Gasteiger partial charge is 0.228 e. The van der Waals surface area contributed by atoms with Crippen LogP contribution in [0.15, 0.2) is 47.4 Å². The van der Waals surface area contributed by atoms with Gasteiger partial charge in [0.2, 0.25) is 5.91 Å². The Labute approximate surface area is 131 Å². The molecule has 0 heterocycles. The number of nitrogens with one attached hydrogen (secondary N) is 1. The second-order valence-electron chi connectivity index (χ2n) is 5.42. The van der Waals surface area contributed by atoms with Crippen LogP contribution in [0.25, 0.3) is 0 Å². The Bertz CT molecular complexity index is 810. The average Bonchev–Trinajstić information content (AvgIpc) is 2.42. The van der Waals surface area contributed by atoms with E-state index in [1.54, 1.807) is 18.2 Å². The van der Waals surface area contributed by atoms with E-state index < -0.39 is 9.84 Å². The fourth-order valence-electron chi connectivity index (χ4n) is 2.25. The Balaban J connectivity index is 2.22. The van der Waals surface area contributed by atoms with Gasteiger partial charge in [-0.05, 0) is 42.7 Å². The van der Waals surface area contributed by atoms with Gasteiger partial charge in [-0.25, -0.2) is 8.42 Å². The van der Waals surface area contributed by atoms with Gasteiger partial charge in [0, 0.05) is 11.9 Å². The number of benzene rings is 2. The largest absolute Gasteiger partial charge is 0.326 e. The number of carbonyl (C=O) groups is 1. The van der Waals surface area contributed by atoms with Gasteiger partial charge in [-0.1, -0.05) is 30.3 Å². The predicted octanol–water partition coefficient (Wildman–Crippen LogP) is 2.89. The highest BCUT2D eigenvalue weighted by Gasteiger charge is 2.15. The van der Waals surface area contributed by atoms with E-state index in [1.807, 2.05) is 32.0 Å². The zero-order valence-corrected chi connectivity index (χ0v) is 13.7. The van der Waals surface area contributed by atoms with Crippen molar-refractivity contribution in [3.63, 3.8) is 0 Å². The molecule has 1 N–H and O–H groups in total. The van der Waals surface area contributed by atoms with Gasteiger partial charge in [0.05, 0.1) is 11.3 Å². The van der Waals surface area contributed by atoms with Gasteiger partial charge in [0.25, 0.3) is 0 Å². The summed E-state index contributed by atoms with van der Waals surface area (Å²) in [6.45, 7) is 3.87. The number of carbonyl (C=O) groups excluding carboxylic acids is 1. The van der Waals surface area contributed by atoms with Gasteiger partial charge in [-0.2, -0.15) is 0 Å². The number of amides is 1. The van der Waals surface area contributed by atoms with Crippen molar-refractivity contribution in [3.05, 3.63) is 59.2 Å². The molecule has 0 fully saturated rings. The van der Waals surface area contributed by atoms with Crippen LogP contribution in [-0.2, 0) is 21.1 Å². The zero-order chi connectivity index (χ0) is 16.3. The normalized spacial score (nSPS) is 11.2. The molecule has 0 saturated heterocycles. The quantitative estimate of drug-likeness (QED) is 0.943. The number of sulfone groups is 1. The molecule has 0 atom stereocenters. The molecule has 0 radical (unpaired) electrons. The van der Waals surface area contributed by atoms with Gasteiger partial charge in [0.1, 0.15) is 0 Å². The summed E-state index contributed by atoms with van der Waals surface area (Å²) >= 11 is 0.